The largest absolute Gasteiger partial charge is 0.488 e. The normalized spacial score (nSPS) is 10.4. The Morgan fingerprint density at radius 1 is 1.32 bits per heavy atom. The Morgan fingerprint density at radius 2 is 2.09 bits per heavy atom. The first-order chi connectivity index (χ1) is 10.5. The molecule has 0 aliphatic rings. The molecule has 0 aliphatic heterocycles. The first-order valence-corrected chi connectivity index (χ1v) is 7.76. The monoisotopic (exact) mass is 365 g/mol. The molecule has 1 N–H and O–H groups in total. The average Bonchev–Trinajstić information content (AvgIpc) is 2.48. The lowest BCUT2D eigenvalue weighted by molar-refractivity contribution is -0.115. The van der Waals surface area contributed by atoms with Crippen LogP contribution in [0, 0.1) is 12.7 Å². The van der Waals surface area contributed by atoms with Crippen molar-refractivity contribution in [2.24, 2.45) is 0 Å². The van der Waals surface area contributed by atoms with Crippen LogP contribution in [0.1, 0.15) is 24.5 Å². The minimum Gasteiger partial charge on any atom is -0.488 e. The molecule has 0 bridgehead atoms. The number of amides is 1. The van der Waals surface area contributed by atoms with E-state index in [0.29, 0.717) is 23.4 Å². The summed E-state index contributed by atoms with van der Waals surface area (Å²) in [6.45, 7) is 3.76. The van der Waals surface area contributed by atoms with Gasteiger partial charge in [-0.15, -0.1) is 0 Å². The Hall–Kier alpha value is -1.88. The van der Waals surface area contributed by atoms with E-state index in [9.17, 15) is 9.18 Å². The topological polar surface area (TPSA) is 38.3 Å². The first-order valence-electron chi connectivity index (χ1n) is 6.97. The van der Waals surface area contributed by atoms with Gasteiger partial charge in [0.25, 0.3) is 0 Å². The van der Waals surface area contributed by atoms with Crippen molar-refractivity contribution in [1.29, 1.82) is 0 Å². The zero-order chi connectivity index (χ0) is 16.1. The summed E-state index contributed by atoms with van der Waals surface area (Å²) in [5, 5.41) is 2.69. The van der Waals surface area contributed by atoms with Gasteiger partial charge in [-0.25, -0.2) is 4.39 Å². The van der Waals surface area contributed by atoms with Gasteiger partial charge >= 0.3 is 0 Å². The van der Waals surface area contributed by atoms with E-state index in [1.165, 1.54) is 6.07 Å². The van der Waals surface area contributed by atoms with Crippen LogP contribution in [0.3, 0.4) is 0 Å². The van der Waals surface area contributed by atoms with Crippen LogP contribution < -0.4 is 10.1 Å². The summed E-state index contributed by atoms with van der Waals surface area (Å²) in [6, 6.07) is 10.2. The number of aryl methyl sites for hydroxylation is 1. The lowest BCUT2D eigenvalue weighted by atomic mass is 10.1. The SMILES string of the molecule is CCC(=O)Nc1cccc(F)c1COc1ccc(C)cc1Br. The lowest BCUT2D eigenvalue weighted by Gasteiger charge is -2.14. The van der Waals surface area contributed by atoms with Gasteiger partial charge in [0, 0.05) is 12.0 Å². The molecule has 0 radical (unpaired) electrons. The highest BCUT2D eigenvalue weighted by Gasteiger charge is 2.12. The molecule has 0 atom stereocenters. The molecule has 0 aliphatic carbocycles. The molecular formula is C17H17BrFNO2. The summed E-state index contributed by atoms with van der Waals surface area (Å²) < 4.78 is 20.5. The van der Waals surface area contributed by atoms with E-state index in [1.807, 2.05) is 25.1 Å². The maximum Gasteiger partial charge on any atom is 0.224 e. The number of hydrogen-bond acceptors (Lipinski definition) is 2. The van der Waals surface area contributed by atoms with Crippen LogP contribution in [0.15, 0.2) is 40.9 Å². The van der Waals surface area contributed by atoms with Gasteiger partial charge < -0.3 is 10.1 Å². The van der Waals surface area contributed by atoms with Crippen LogP contribution in [-0.2, 0) is 11.4 Å². The molecule has 5 heteroatoms. The predicted octanol–water partition coefficient (Wildman–Crippen LogP) is 4.82. The minimum absolute atomic E-state index is 0.0354. The smallest absolute Gasteiger partial charge is 0.224 e. The number of hydrogen-bond donors (Lipinski definition) is 1. The van der Waals surface area contributed by atoms with Gasteiger partial charge in [-0.3, -0.25) is 4.79 Å². The number of anilines is 1. The average molecular weight is 366 g/mol. The van der Waals surface area contributed by atoms with Crippen LogP contribution in [0.25, 0.3) is 0 Å². The number of carbonyl (C=O) groups excluding carboxylic acids is 1. The van der Waals surface area contributed by atoms with Crippen LogP contribution >= 0.6 is 15.9 Å². The van der Waals surface area contributed by atoms with E-state index in [2.05, 4.69) is 21.2 Å². The summed E-state index contributed by atoms with van der Waals surface area (Å²) in [5.41, 5.74) is 1.87. The summed E-state index contributed by atoms with van der Waals surface area (Å²) in [5.74, 6) is 0.0575. The summed E-state index contributed by atoms with van der Waals surface area (Å²) >= 11 is 3.42. The van der Waals surface area contributed by atoms with Crippen molar-refractivity contribution in [2.75, 3.05) is 5.32 Å². The Balaban J connectivity index is 2.19. The van der Waals surface area contributed by atoms with Gasteiger partial charge in [-0.05, 0) is 52.7 Å². The second kappa shape index (κ2) is 7.40. The van der Waals surface area contributed by atoms with Crippen molar-refractivity contribution in [3.8, 4) is 5.75 Å². The van der Waals surface area contributed by atoms with E-state index in [4.69, 9.17) is 4.74 Å². The van der Waals surface area contributed by atoms with Gasteiger partial charge in [0.15, 0.2) is 0 Å². The second-order valence-corrected chi connectivity index (χ2v) is 5.74. The predicted molar refractivity (Wildman–Crippen MR) is 88.5 cm³/mol. The van der Waals surface area contributed by atoms with E-state index in [0.717, 1.165) is 10.0 Å². The molecule has 22 heavy (non-hydrogen) atoms. The third-order valence-electron chi connectivity index (χ3n) is 3.17. The molecule has 1 amide bonds. The Morgan fingerprint density at radius 3 is 2.77 bits per heavy atom. The fraction of sp³-hybridized carbons (Fsp3) is 0.235. The molecule has 3 nitrogen and oxygen atoms in total. The summed E-state index contributed by atoms with van der Waals surface area (Å²) in [4.78, 5) is 11.5. The number of halogens is 2. The van der Waals surface area contributed by atoms with Crippen molar-refractivity contribution in [3.63, 3.8) is 0 Å². The molecule has 2 aromatic carbocycles. The number of benzene rings is 2. The molecule has 0 heterocycles. The fourth-order valence-corrected chi connectivity index (χ4v) is 2.54. The molecule has 0 aromatic heterocycles. The molecule has 2 rings (SSSR count). The quantitative estimate of drug-likeness (QED) is 0.824. The van der Waals surface area contributed by atoms with Gasteiger partial charge in [-0.2, -0.15) is 0 Å². The molecule has 116 valence electrons. The maximum atomic E-state index is 14.0. The Kier molecular flexibility index (Phi) is 5.55. The Labute approximate surface area is 137 Å². The third-order valence-corrected chi connectivity index (χ3v) is 3.79. The van der Waals surface area contributed by atoms with Crippen molar-refractivity contribution >= 4 is 27.5 Å². The lowest BCUT2D eigenvalue weighted by Crippen LogP contribution is -2.13. The van der Waals surface area contributed by atoms with Crippen LogP contribution in [0.2, 0.25) is 0 Å². The van der Waals surface area contributed by atoms with Gasteiger partial charge in [0.05, 0.1) is 10.2 Å². The molecular weight excluding hydrogens is 349 g/mol. The highest BCUT2D eigenvalue weighted by atomic mass is 79.9. The van der Waals surface area contributed by atoms with Crippen molar-refractivity contribution in [2.45, 2.75) is 26.9 Å². The zero-order valence-electron chi connectivity index (χ0n) is 12.5. The number of ether oxygens (including phenoxy) is 1. The van der Waals surface area contributed by atoms with Crippen molar-refractivity contribution in [3.05, 3.63) is 57.8 Å². The highest BCUT2D eigenvalue weighted by Crippen LogP contribution is 2.28. The van der Waals surface area contributed by atoms with Crippen LogP contribution in [-0.4, -0.2) is 5.91 Å². The van der Waals surface area contributed by atoms with Gasteiger partial charge in [0.1, 0.15) is 18.2 Å². The highest BCUT2D eigenvalue weighted by molar-refractivity contribution is 9.10. The minimum atomic E-state index is -0.405. The third kappa shape index (κ3) is 4.07. The number of rotatable bonds is 5. The summed E-state index contributed by atoms with van der Waals surface area (Å²) in [7, 11) is 0. The molecule has 0 unspecified atom stereocenters. The summed E-state index contributed by atoms with van der Waals surface area (Å²) in [6.07, 6.45) is 0.334. The second-order valence-electron chi connectivity index (χ2n) is 4.89. The van der Waals surface area contributed by atoms with Crippen molar-refractivity contribution < 1.29 is 13.9 Å². The van der Waals surface area contributed by atoms with E-state index >= 15 is 0 Å². The van der Waals surface area contributed by atoms with E-state index < -0.39 is 5.82 Å². The number of nitrogens with one attached hydrogen (secondary N) is 1. The molecule has 0 spiro atoms. The molecule has 0 saturated heterocycles. The number of carbonyl (C=O) groups is 1. The van der Waals surface area contributed by atoms with E-state index in [1.54, 1.807) is 19.1 Å². The van der Waals surface area contributed by atoms with Crippen LogP contribution in [0.4, 0.5) is 10.1 Å². The standard InChI is InChI=1S/C17H17BrFNO2/c1-3-17(21)20-15-6-4-5-14(19)12(15)10-22-16-8-7-11(2)9-13(16)18/h4-9H,3,10H2,1-2H3,(H,20,21). The van der Waals surface area contributed by atoms with Gasteiger partial charge in [-0.1, -0.05) is 19.1 Å². The van der Waals surface area contributed by atoms with Crippen molar-refractivity contribution in [1.82, 2.24) is 0 Å². The maximum absolute atomic E-state index is 14.0. The first kappa shape index (κ1) is 16.5. The molecule has 0 fully saturated rings. The molecule has 0 saturated carbocycles. The zero-order valence-corrected chi connectivity index (χ0v) is 14.0. The van der Waals surface area contributed by atoms with E-state index in [-0.39, 0.29) is 12.5 Å². The fourth-order valence-electron chi connectivity index (χ4n) is 1.93. The van der Waals surface area contributed by atoms with Gasteiger partial charge in [0.2, 0.25) is 5.91 Å². The molecule has 2 aromatic rings. The van der Waals surface area contributed by atoms with Crippen LogP contribution in [0.5, 0.6) is 5.75 Å². The Bertz CT molecular complexity index is 688.